The minimum Gasteiger partial charge on any atom is -0.489 e. The number of carbonyl (C=O) groups excluding carboxylic acids is 2. The molecule has 0 saturated heterocycles. The first kappa shape index (κ1) is 19.2. The molecule has 5 nitrogen and oxygen atoms in total. The van der Waals surface area contributed by atoms with Gasteiger partial charge in [0, 0.05) is 10.7 Å². The quantitative estimate of drug-likeness (QED) is 0.759. The van der Waals surface area contributed by atoms with E-state index in [1.165, 1.54) is 0 Å². The SMILES string of the molecule is Cc1cc(Cl)ccc1NC(=O)C1CC1C(=O)Nc1ccccc1OC(C)C. The van der Waals surface area contributed by atoms with E-state index >= 15 is 0 Å². The van der Waals surface area contributed by atoms with Gasteiger partial charge in [0.2, 0.25) is 11.8 Å². The molecule has 2 N–H and O–H groups in total. The highest BCUT2D eigenvalue weighted by Gasteiger charge is 2.48. The first-order chi connectivity index (χ1) is 12.8. The van der Waals surface area contributed by atoms with Crippen LogP contribution in [0.2, 0.25) is 5.02 Å². The van der Waals surface area contributed by atoms with E-state index in [0.717, 1.165) is 5.56 Å². The van der Waals surface area contributed by atoms with Gasteiger partial charge in [0.25, 0.3) is 0 Å². The minimum atomic E-state index is -0.329. The zero-order chi connectivity index (χ0) is 19.6. The summed E-state index contributed by atoms with van der Waals surface area (Å²) in [6.07, 6.45) is 0.544. The number of para-hydroxylation sites is 2. The van der Waals surface area contributed by atoms with E-state index in [0.29, 0.717) is 28.6 Å². The summed E-state index contributed by atoms with van der Waals surface area (Å²) in [6, 6.07) is 12.6. The number of amides is 2. The van der Waals surface area contributed by atoms with E-state index in [1.807, 2.05) is 39.0 Å². The van der Waals surface area contributed by atoms with Crippen molar-refractivity contribution in [3.05, 3.63) is 53.1 Å². The molecular weight excluding hydrogens is 364 g/mol. The fourth-order valence-electron chi connectivity index (χ4n) is 2.92. The second-order valence-corrected chi connectivity index (χ2v) is 7.49. The van der Waals surface area contributed by atoms with E-state index in [4.69, 9.17) is 16.3 Å². The minimum absolute atomic E-state index is 0.00474. The molecule has 2 amide bonds. The van der Waals surface area contributed by atoms with Gasteiger partial charge >= 0.3 is 0 Å². The van der Waals surface area contributed by atoms with Crippen LogP contribution in [0.5, 0.6) is 5.75 Å². The number of anilines is 2. The lowest BCUT2D eigenvalue weighted by molar-refractivity contribution is -0.122. The number of carbonyl (C=O) groups is 2. The number of hydrogen-bond donors (Lipinski definition) is 2. The van der Waals surface area contributed by atoms with Crippen molar-refractivity contribution >= 4 is 34.8 Å². The summed E-state index contributed by atoms with van der Waals surface area (Å²) in [4.78, 5) is 25.0. The second kappa shape index (κ2) is 8.01. The normalized spacial score (nSPS) is 18.1. The smallest absolute Gasteiger partial charge is 0.228 e. The third-order valence-electron chi connectivity index (χ3n) is 4.42. The number of halogens is 1. The van der Waals surface area contributed by atoms with Crippen molar-refractivity contribution in [1.29, 1.82) is 0 Å². The Bertz CT molecular complexity index is 866. The van der Waals surface area contributed by atoms with E-state index in [1.54, 1.807) is 24.3 Å². The van der Waals surface area contributed by atoms with E-state index in [2.05, 4.69) is 10.6 Å². The summed E-state index contributed by atoms with van der Waals surface area (Å²) in [5, 5.41) is 6.39. The molecule has 0 aliphatic heterocycles. The van der Waals surface area contributed by atoms with Crippen molar-refractivity contribution in [2.24, 2.45) is 11.8 Å². The molecule has 2 unspecified atom stereocenters. The molecule has 0 spiro atoms. The number of hydrogen-bond acceptors (Lipinski definition) is 3. The number of benzene rings is 2. The standard InChI is InChI=1S/C21H23ClN2O3/c1-12(2)27-19-7-5-4-6-18(19)24-21(26)16-11-15(16)20(25)23-17-9-8-14(22)10-13(17)3/h4-10,12,15-16H,11H2,1-3H3,(H,23,25)(H,24,26). The zero-order valence-corrected chi connectivity index (χ0v) is 16.3. The average Bonchev–Trinajstić information content (AvgIpc) is 3.39. The molecule has 2 atom stereocenters. The number of nitrogens with one attached hydrogen (secondary N) is 2. The maximum Gasteiger partial charge on any atom is 0.228 e. The predicted octanol–water partition coefficient (Wildman–Crippen LogP) is 4.65. The zero-order valence-electron chi connectivity index (χ0n) is 15.6. The van der Waals surface area contributed by atoms with Crippen LogP contribution in [0.4, 0.5) is 11.4 Å². The van der Waals surface area contributed by atoms with Crippen LogP contribution in [0.3, 0.4) is 0 Å². The molecular formula is C21H23ClN2O3. The molecule has 0 heterocycles. The van der Waals surface area contributed by atoms with Gasteiger partial charge in [-0.05, 0) is 63.1 Å². The lowest BCUT2D eigenvalue weighted by atomic mass is 10.2. The van der Waals surface area contributed by atoms with Crippen molar-refractivity contribution < 1.29 is 14.3 Å². The molecule has 1 aliphatic carbocycles. The van der Waals surface area contributed by atoms with Crippen LogP contribution >= 0.6 is 11.6 Å². The summed E-state index contributed by atoms with van der Waals surface area (Å²) < 4.78 is 5.72. The summed E-state index contributed by atoms with van der Waals surface area (Å²) in [5.74, 6) is -0.336. The van der Waals surface area contributed by atoms with Gasteiger partial charge in [0.05, 0.1) is 23.6 Å². The van der Waals surface area contributed by atoms with Gasteiger partial charge in [-0.15, -0.1) is 0 Å². The first-order valence-electron chi connectivity index (χ1n) is 8.98. The Kier molecular flexibility index (Phi) is 5.71. The number of ether oxygens (including phenoxy) is 1. The fourth-order valence-corrected chi connectivity index (χ4v) is 3.15. The van der Waals surface area contributed by atoms with E-state index in [9.17, 15) is 9.59 Å². The van der Waals surface area contributed by atoms with Crippen LogP contribution in [0, 0.1) is 18.8 Å². The van der Waals surface area contributed by atoms with Crippen molar-refractivity contribution in [1.82, 2.24) is 0 Å². The fraction of sp³-hybridized carbons (Fsp3) is 0.333. The Hall–Kier alpha value is -2.53. The van der Waals surface area contributed by atoms with Crippen LogP contribution in [-0.2, 0) is 9.59 Å². The van der Waals surface area contributed by atoms with E-state index < -0.39 is 0 Å². The van der Waals surface area contributed by atoms with Gasteiger partial charge in [-0.25, -0.2) is 0 Å². The van der Waals surface area contributed by atoms with Crippen molar-refractivity contribution in [3.8, 4) is 5.75 Å². The molecule has 2 aromatic carbocycles. The molecule has 2 aromatic rings. The third kappa shape index (κ3) is 4.80. The van der Waals surface area contributed by atoms with Gasteiger partial charge in [0.1, 0.15) is 5.75 Å². The average molecular weight is 387 g/mol. The van der Waals surface area contributed by atoms with E-state index in [-0.39, 0.29) is 29.8 Å². The van der Waals surface area contributed by atoms with Gasteiger partial charge in [-0.2, -0.15) is 0 Å². The molecule has 1 fully saturated rings. The van der Waals surface area contributed by atoms with Crippen molar-refractivity contribution in [2.45, 2.75) is 33.3 Å². The van der Waals surface area contributed by atoms with Gasteiger partial charge < -0.3 is 15.4 Å². The lowest BCUT2D eigenvalue weighted by Gasteiger charge is -2.14. The Morgan fingerprint density at radius 3 is 2.30 bits per heavy atom. The van der Waals surface area contributed by atoms with Crippen molar-refractivity contribution in [3.63, 3.8) is 0 Å². The monoisotopic (exact) mass is 386 g/mol. The summed E-state index contributed by atoms with van der Waals surface area (Å²) in [5.41, 5.74) is 2.22. The summed E-state index contributed by atoms with van der Waals surface area (Å²) >= 11 is 5.94. The first-order valence-corrected chi connectivity index (χ1v) is 9.36. The number of aryl methyl sites for hydroxylation is 1. The van der Waals surface area contributed by atoms with Crippen molar-refractivity contribution in [2.75, 3.05) is 10.6 Å². The number of rotatable bonds is 6. The third-order valence-corrected chi connectivity index (χ3v) is 4.65. The van der Waals surface area contributed by atoms with Crippen LogP contribution in [0.25, 0.3) is 0 Å². The molecule has 27 heavy (non-hydrogen) atoms. The Morgan fingerprint density at radius 2 is 1.67 bits per heavy atom. The van der Waals surface area contributed by atoms with Crippen LogP contribution in [-0.4, -0.2) is 17.9 Å². The molecule has 1 saturated carbocycles. The molecule has 0 aromatic heterocycles. The molecule has 1 aliphatic rings. The lowest BCUT2D eigenvalue weighted by Crippen LogP contribution is -2.21. The molecule has 142 valence electrons. The molecule has 3 rings (SSSR count). The molecule has 0 radical (unpaired) electrons. The highest BCUT2D eigenvalue weighted by molar-refractivity contribution is 6.30. The maximum absolute atomic E-state index is 12.5. The molecule has 0 bridgehead atoms. The topological polar surface area (TPSA) is 67.4 Å². The summed E-state index contributed by atoms with van der Waals surface area (Å²) in [7, 11) is 0. The van der Waals surface area contributed by atoms with Crippen LogP contribution < -0.4 is 15.4 Å². The maximum atomic E-state index is 12.5. The van der Waals surface area contributed by atoms with Crippen LogP contribution in [0.15, 0.2) is 42.5 Å². The highest BCUT2D eigenvalue weighted by Crippen LogP contribution is 2.41. The van der Waals surface area contributed by atoms with Gasteiger partial charge in [0.15, 0.2) is 0 Å². The molecule has 6 heteroatoms. The van der Waals surface area contributed by atoms with Gasteiger partial charge in [-0.3, -0.25) is 9.59 Å². The Labute approximate surface area is 164 Å². The highest BCUT2D eigenvalue weighted by atomic mass is 35.5. The Balaban J connectivity index is 1.60. The van der Waals surface area contributed by atoms with Gasteiger partial charge in [-0.1, -0.05) is 23.7 Å². The largest absolute Gasteiger partial charge is 0.489 e. The van der Waals surface area contributed by atoms with Crippen LogP contribution in [0.1, 0.15) is 25.8 Å². The summed E-state index contributed by atoms with van der Waals surface area (Å²) in [6.45, 7) is 5.74. The second-order valence-electron chi connectivity index (χ2n) is 7.05. The predicted molar refractivity (Wildman–Crippen MR) is 107 cm³/mol. The Morgan fingerprint density at radius 1 is 1.04 bits per heavy atom.